The molecule has 0 N–H and O–H groups in total. The van der Waals surface area contributed by atoms with E-state index < -0.39 is 10.0 Å². The normalized spacial score (nSPS) is 19.0. The first-order valence-electron chi connectivity index (χ1n) is 12.8. The summed E-state index contributed by atoms with van der Waals surface area (Å²) in [7, 11) is -3.56. The Kier molecular flexibility index (Phi) is 7.99. The van der Waals surface area contributed by atoms with Crippen LogP contribution in [0.15, 0.2) is 41.3 Å². The van der Waals surface area contributed by atoms with Gasteiger partial charge in [-0.3, -0.25) is 9.69 Å². The van der Waals surface area contributed by atoms with Gasteiger partial charge in [-0.15, -0.1) is 0 Å². The molecular weight excluding hydrogens is 458 g/mol. The minimum atomic E-state index is -3.56. The third-order valence-corrected chi connectivity index (χ3v) is 9.77. The largest absolute Gasteiger partial charge is 0.341 e. The molecule has 6 nitrogen and oxygen atoms in total. The average molecular weight is 498 g/mol. The highest BCUT2D eigenvalue weighted by atomic mass is 32.2. The van der Waals surface area contributed by atoms with Gasteiger partial charge in [-0.2, -0.15) is 4.31 Å². The van der Waals surface area contributed by atoms with Crippen molar-refractivity contribution in [2.75, 3.05) is 39.3 Å². The fourth-order valence-electron chi connectivity index (χ4n) is 5.68. The number of hydrogen-bond donors (Lipinski definition) is 0. The van der Waals surface area contributed by atoms with E-state index in [1.54, 1.807) is 4.31 Å². The van der Waals surface area contributed by atoms with Gasteiger partial charge in [0.05, 0.1) is 4.90 Å². The smallest absolute Gasteiger partial charge is 0.243 e. The molecule has 4 rings (SSSR count). The summed E-state index contributed by atoms with van der Waals surface area (Å²) >= 11 is 0. The van der Waals surface area contributed by atoms with Gasteiger partial charge in [-0.25, -0.2) is 8.42 Å². The zero-order valence-corrected chi connectivity index (χ0v) is 22.4. The number of benzene rings is 2. The number of sulfonamides is 1. The first-order valence-corrected chi connectivity index (χ1v) is 14.2. The lowest BCUT2D eigenvalue weighted by Crippen LogP contribution is -2.45. The van der Waals surface area contributed by atoms with Gasteiger partial charge in [0.15, 0.2) is 0 Å². The van der Waals surface area contributed by atoms with Crippen LogP contribution in [0, 0.1) is 33.6 Å². The second-order valence-electron chi connectivity index (χ2n) is 10.3. The third-order valence-electron chi connectivity index (χ3n) is 7.56. The minimum absolute atomic E-state index is 0.0930. The maximum Gasteiger partial charge on any atom is 0.243 e. The lowest BCUT2D eigenvalue weighted by atomic mass is 9.96. The molecule has 2 aromatic rings. The van der Waals surface area contributed by atoms with Gasteiger partial charge in [0.25, 0.3) is 0 Å². The van der Waals surface area contributed by atoms with E-state index in [0.29, 0.717) is 30.8 Å². The second-order valence-corrected chi connectivity index (χ2v) is 12.2. The number of amides is 1. The molecule has 2 aliphatic rings. The number of hydrogen-bond acceptors (Lipinski definition) is 4. The molecule has 2 fully saturated rings. The summed E-state index contributed by atoms with van der Waals surface area (Å²) in [5.41, 5.74) is 5.31. The lowest BCUT2D eigenvalue weighted by Gasteiger charge is -2.34. The van der Waals surface area contributed by atoms with Crippen LogP contribution in [0.25, 0.3) is 0 Å². The van der Waals surface area contributed by atoms with Gasteiger partial charge in [0.2, 0.25) is 15.9 Å². The van der Waals surface area contributed by atoms with E-state index in [1.807, 2.05) is 37.8 Å². The number of rotatable bonds is 5. The van der Waals surface area contributed by atoms with Crippen LogP contribution >= 0.6 is 0 Å². The Labute approximate surface area is 211 Å². The predicted molar refractivity (Wildman–Crippen MR) is 140 cm³/mol. The van der Waals surface area contributed by atoms with Crippen LogP contribution in [0.5, 0.6) is 0 Å². The van der Waals surface area contributed by atoms with Gasteiger partial charge in [0.1, 0.15) is 0 Å². The van der Waals surface area contributed by atoms with E-state index >= 15 is 0 Å². The van der Waals surface area contributed by atoms with E-state index in [1.165, 1.54) is 11.1 Å². The van der Waals surface area contributed by atoms with Crippen molar-refractivity contribution < 1.29 is 13.2 Å². The van der Waals surface area contributed by atoms with Gasteiger partial charge >= 0.3 is 0 Å². The van der Waals surface area contributed by atoms with Crippen molar-refractivity contribution in [1.29, 1.82) is 0 Å². The van der Waals surface area contributed by atoms with E-state index in [0.717, 1.165) is 55.8 Å². The molecular formula is C28H39N3O3S. The third kappa shape index (κ3) is 5.79. The first-order chi connectivity index (χ1) is 16.7. The topological polar surface area (TPSA) is 60.9 Å². The number of carbonyl (C=O) groups excluding carboxylic acids is 1. The number of piperidine rings is 1. The monoisotopic (exact) mass is 497 g/mol. The predicted octanol–water partition coefficient (Wildman–Crippen LogP) is 4.06. The van der Waals surface area contributed by atoms with Crippen molar-refractivity contribution >= 4 is 15.9 Å². The van der Waals surface area contributed by atoms with Crippen molar-refractivity contribution in [3.63, 3.8) is 0 Å². The molecule has 1 amide bonds. The van der Waals surface area contributed by atoms with Crippen LogP contribution in [-0.4, -0.2) is 67.7 Å². The van der Waals surface area contributed by atoms with Crippen molar-refractivity contribution in [3.8, 4) is 0 Å². The van der Waals surface area contributed by atoms with Crippen LogP contribution in [0.3, 0.4) is 0 Å². The molecule has 190 valence electrons. The van der Waals surface area contributed by atoms with Gasteiger partial charge in [-0.05, 0) is 69.2 Å². The number of nitrogens with zero attached hydrogens (tertiary/aromatic N) is 3. The zero-order chi connectivity index (χ0) is 25.2. The Balaban J connectivity index is 1.34. The molecule has 2 saturated heterocycles. The molecule has 0 saturated carbocycles. The maximum atomic E-state index is 13.4. The quantitative estimate of drug-likeness (QED) is 0.625. The van der Waals surface area contributed by atoms with Crippen molar-refractivity contribution in [3.05, 3.63) is 64.2 Å². The van der Waals surface area contributed by atoms with E-state index in [9.17, 15) is 13.2 Å². The molecule has 2 aliphatic heterocycles. The Morgan fingerprint density at radius 1 is 0.857 bits per heavy atom. The van der Waals surface area contributed by atoms with Crippen molar-refractivity contribution in [2.24, 2.45) is 5.92 Å². The highest BCUT2D eigenvalue weighted by Gasteiger charge is 2.35. The van der Waals surface area contributed by atoms with Gasteiger partial charge in [0, 0.05) is 51.7 Å². The second kappa shape index (κ2) is 10.8. The highest BCUT2D eigenvalue weighted by Crippen LogP contribution is 2.29. The summed E-state index contributed by atoms with van der Waals surface area (Å²) in [5, 5.41) is 0. The molecule has 0 atom stereocenters. The molecule has 0 spiro atoms. The van der Waals surface area contributed by atoms with Crippen LogP contribution in [0.2, 0.25) is 0 Å². The number of carbonyl (C=O) groups is 1. The molecule has 2 aromatic carbocycles. The highest BCUT2D eigenvalue weighted by molar-refractivity contribution is 7.89. The minimum Gasteiger partial charge on any atom is -0.341 e. The van der Waals surface area contributed by atoms with Crippen LogP contribution in [0.1, 0.15) is 47.1 Å². The molecule has 7 heteroatoms. The average Bonchev–Trinajstić information content (AvgIpc) is 3.05. The Bertz CT molecular complexity index is 1150. The number of aryl methyl sites for hydroxylation is 4. The van der Waals surface area contributed by atoms with Crippen molar-refractivity contribution in [2.45, 2.75) is 58.4 Å². The fourth-order valence-corrected chi connectivity index (χ4v) is 7.56. The van der Waals surface area contributed by atoms with Crippen LogP contribution < -0.4 is 0 Å². The van der Waals surface area contributed by atoms with E-state index in [2.05, 4.69) is 36.1 Å². The maximum absolute atomic E-state index is 13.4. The van der Waals surface area contributed by atoms with Crippen LogP contribution in [-0.2, 0) is 21.4 Å². The Morgan fingerprint density at radius 3 is 2.17 bits per heavy atom. The summed E-state index contributed by atoms with van der Waals surface area (Å²) in [6.45, 7) is 13.0. The standard InChI is InChI=1S/C28H39N3O3S/c1-21-18-23(3)27(24(4)19-21)35(33,34)31-14-10-25(11-15-31)28(32)30-13-7-12-29(16-17-30)20-26-9-6-5-8-22(26)2/h5-6,8-9,18-19,25H,7,10-17,20H2,1-4H3. The molecule has 2 heterocycles. The Morgan fingerprint density at radius 2 is 1.51 bits per heavy atom. The molecule has 0 aliphatic carbocycles. The summed E-state index contributed by atoms with van der Waals surface area (Å²) in [5.74, 6) is 0.104. The van der Waals surface area contributed by atoms with Gasteiger partial charge < -0.3 is 4.90 Å². The fraction of sp³-hybridized carbons (Fsp3) is 0.536. The molecule has 35 heavy (non-hydrogen) atoms. The van der Waals surface area contributed by atoms with Gasteiger partial charge in [-0.1, -0.05) is 42.0 Å². The summed E-state index contributed by atoms with van der Waals surface area (Å²) in [6.07, 6.45) is 2.15. The summed E-state index contributed by atoms with van der Waals surface area (Å²) < 4.78 is 28.4. The summed E-state index contributed by atoms with van der Waals surface area (Å²) in [4.78, 5) is 18.2. The first kappa shape index (κ1) is 25.9. The van der Waals surface area contributed by atoms with Crippen molar-refractivity contribution in [1.82, 2.24) is 14.1 Å². The van der Waals surface area contributed by atoms with E-state index in [4.69, 9.17) is 0 Å². The van der Waals surface area contributed by atoms with E-state index in [-0.39, 0.29) is 11.8 Å². The summed E-state index contributed by atoms with van der Waals surface area (Å²) in [6, 6.07) is 12.3. The SMILES string of the molecule is Cc1cc(C)c(S(=O)(=O)N2CCC(C(=O)N3CCCN(Cc4ccccc4C)CC3)CC2)c(C)c1. The Hall–Kier alpha value is -2.22. The molecule has 0 aromatic heterocycles. The zero-order valence-electron chi connectivity index (χ0n) is 21.6. The molecule has 0 bridgehead atoms. The van der Waals surface area contributed by atoms with Crippen LogP contribution in [0.4, 0.5) is 0 Å². The molecule has 0 radical (unpaired) electrons. The molecule has 0 unspecified atom stereocenters. The lowest BCUT2D eigenvalue weighted by molar-refractivity contribution is -0.136.